The van der Waals surface area contributed by atoms with Crippen molar-refractivity contribution < 1.29 is 0 Å². The number of aromatic amines is 1. The van der Waals surface area contributed by atoms with Gasteiger partial charge in [-0.3, -0.25) is 0 Å². The summed E-state index contributed by atoms with van der Waals surface area (Å²) < 4.78 is 0. The third-order valence-electron chi connectivity index (χ3n) is 3.02. The molecule has 1 saturated carbocycles. The maximum absolute atomic E-state index is 9.12. The third-order valence-corrected chi connectivity index (χ3v) is 3.02. The number of hydrogen-bond donors (Lipinski definition) is 1. The van der Waals surface area contributed by atoms with Gasteiger partial charge in [-0.1, -0.05) is 13.3 Å². The molecule has 3 heteroatoms. The van der Waals surface area contributed by atoms with E-state index in [1.165, 1.54) is 0 Å². The molecule has 0 saturated heterocycles. The first kappa shape index (κ1) is 9.26. The van der Waals surface area contributed by atoms with E-state index in [1.54, 1.807) is 0 Å². The summed E-state index contributed by atoms with van der Waals surface area (Å²) in [4.78, 5) is 7.60. The Balaban J connectivity index is 2.20. The average Bonchev–Trinajstić information content (AvgIpc) is 2.54. The summed E-state index contributed by atoms with van der Waals surface area (Å²) in [5.41, 5.74) is 0.871. The van der Waals surface area contributed by atoms with Gasteiger partial charge in [-0.25, -0.2) is 4.98 Å². The predicted molar refractivity (Wildman–Crippen MR) is 53.7 cm³/mol. The van der Waals surface area contributed by atoms with Gasteiger partial charge >= 0.3 is 0 Å². The van der Waals surface area contributed by atoms with E-state index in [0.29, 0.717) is 0 Å². The number of nitrogens with zero attached hydrogens (tertiary/aromatic N) is 2. The second-order valence-electron chi connectivity index (χ2n) is 4.05. The van der Waals surface area contributed by atoms with E-state index >= 15 is 0 Å². The van der Waals surface area contributed by atoms with Crippen LogP contribution in [0.25, 0.3) is 0 Å². The Labute approximate surface area is 84.2 Å². The summed E-state index contributed by atoms with van der Waals surface area (Å²) in [5, 5.41) is 9.12. The lowest BCUT2D eigenvalue weighted by Gasteiger charge is -2.32. The molecule has 0 amide bonds. The van der Waals surface area contributed by atoms with E-state index in [-0.39, 0.29) is 5.41 Å². The van der Waals surface area contributed by atoms with Crippen LogP contribution in [0.4, 0.5) is 0 Å². The third kappa shape index (κ3) is 1.31. The second-order valence-corrected chi connectivity index (χ2v) is 4.05. The summed E-state index contributed by atoms with van der Waals surface area (Å²) in [5.74, 6) is 0.884. The quantitative estimate of drug-likeness (QED) is 0.793. The van der Waals surface area contributed by atoms with Crippen LogP contribution in [-0.4, -0.2) is 9.97 Å². The van der Waals surface area contributed by atoms with Gasteiger partial charge in [0.05, 0.1) is 6.07 Å². The molecule has 0 unspecified atom stereocenters. The van der Waals surface area contributed by atoms with Gasteiger partial charge < -0.3 is 4.98 Å². The van der Waals surface area contributed by atoms with Gasteiger partial charge in [0.2, 0.25) is 0 Å². The van der Waals surface area contributed by atoms with E-state index in [0.717, 1.165) is 43.6 Å². The summed E-state index contributed by atoms with van der Waals surface area (Å²) in [6.07, 6.45) is 7.08. The molecule has 0 radical (unpaired) electrons. The Morgan fingerprint density at radius 2 is 2.43 bits per heavy atom. The highest BCUT2D eigenvalue weighted by Gasteiger charge is 2.41. The molecule has 2 rings (SSSR count). The van der Waals surface area contributed by atoms with Crippen LogP contribution in [0.2, 0.25) is 0 Å². The topological polar surface area (TPSA) is 52.5 Å². The molecule has 0 aromatic carbocycles. The fourth-order valence-electron chi connectivity index (χ4n) is 1.93. The van der Waals surface area contributed by atoms with Crippen molar-refractivity contribution in [3.05, 3.63) is 17.7 Å². The maximum atomic E-state index is 9.12. The van der Waals surface area contributed by atoms with Gasteiger partial charge in [-0.2, -0.15) is 5.26 Å². The average molecular weight is 189 g/mol. The lowest BCUT2D eigenvalue weighted by atomic mass is 9.69. The standard InChI is InChI=1S/C11H15N3/c1-2-4-9-7-13-10(14-9)11(8-12)5-3-6-11/h7H,2-6H2,1H3,(H,13,14). The van der Waals surface area contributed by atoms with Crippen LogP contribution in [0, 0.1) is 11.3 Å². The molecule has 1 aromatic rings. The molecule has 1 fully saturated rings. The van der Waals surface area contributed by atoms with Crippen molar-refractivity contribution in [3.63, 3.8) is 0 Å². The highest BCUT2D eigenvalue weighted by atomic mass is 14.9. The smallest absolute Gasteiger partial charge is 0.126 e. The zero-order valence-electron chi connectivity index (χ0n) is 8.51. The number of nitriles is 1. The number of imidazole rings is 1. The minimum atomic E-state index is -0.286. The number of aromatic nitrogens is 2. The molecule has 1 aromatic heterocycles. The molecule has 1 aliphatic rings. The van der Waals surface area contributed by atoms with Gasteiger partial charge in [0, 0.05) is 11.9 Å². The second kappa shape index (κ2) is 3.45. The lowest BCUT2D eigenvalue weighted by Crippen LogP contribution is -2.33. The van der Waals surface area contributed by atoms with Gasteiger partial charge in [0.25, 0.3) is 0 Å². The SMILES string of the molecule is CCCc1cnc(C2(C#N)CCC2)[nH]1. The molecule has 0 spiro atoms. The molecule has 14 heavy (non-hydrogen) atoms. The number of aryl methyl sites for hydroxylation is 1. The number of hydrogen-bond acceptors (Lipinski definition) is 2. The van der Waals surface area contributed by atoms with Crippen LogP contribution in [0.3, 0.4) is 0 Å². The Kier molecular flexibility index (Phi) is 2.28. The molecule has 74 valence electrons. The van der Waals surface area contributed by atoms with Crippen LogP contribution in [-0.2, 0) is 11.8 Å². The highest BCUT2D eigenvalue weighted by molar-refractivity contribution is 5.25. The first-order chi connectivity index (χ1) is 6.80. The molecule has 1 aliphatic carbocycles. The highest BCUT2D eigenvalue weighted by Crippen LogP contribution is 2.41. The van der Waals surface area contributed by atoms with Gasteiger partial charge in [-0.05, 0) is 25.7 Å². The fourth-order valence-corrected chi connectivity index (χ4v) is 1.93. The molecule has 3 nitrogen and oxygen atoms in total. The first-order valence-corrected chi connectivity index (χ1v) is 5.26. The molecule has 1 heterocycles. The number of rotatable bonds is 3. The maximum Gasteiger partial charge on any atom is 0.126 e. The van der Waals surface area contributed by atoms with E-state index in [1.807, 2.05) is 6.20 Å². The number of H-pyrrole nitrogens is 1. The van der Waals surface area contributed by atoms with Crippen LogP contribution in [0.15, 0.2) is 6.20 Å². The van der Waals surface area contributed by atoms with Gasteiger partial charge in [0.15, 0.2) is 0 Å². The summed E-state index contributed by atoms with van der Waals surface area (Å²) in [6, 6.07) is 2.39. The normalized spacial score (nSPS) is 18.6. The van der Waals surface area contributed by atoms with E-state index in [4.69, 9.17) is 5.26 Å². The molecule has 1 N–H and O–H groups in total. The zero-order valence-corrected chi connectivity index (χ0v) is 8.51. The van der Waals surface area contributed by atoms with Crippen molar-refractivity contribution in [1.29, 1.82) is 5.26 Å². The molecule has 0 aliphatic heterocycles. The Bertz CT molecular complexity index is 355. The molecule has 0 bridgehead atoms. The van der Waals surface area contributed by atoms with Crippen molar-refractivity contribution in [2.24, 2.45) is 0 Å². The Morgan fingerprint density at radius 1 is 1.64 bits per heavy atom. The van der Waals surface area contributed by atoms with Crippen LogP contribution < -0.4 is 0 Å². The van der Waals surface area contributed by atoms with Crippen LogP contribution in [0.5, 0.6) is 0 Å². The van der Waals surface area contributed by atoms with E-state index < -0.39 is 0 Å². The first-order valence-electron chi connectivity index (χ1n) is 5.26. The van der Waals surface area contributed by atoms with Crippen LogP contribution >= 0.6 is 0 Å². The molecular weight excluding hydrogens is 174 g/mol. The van der Waals surface area contributed by atoms with Crippen molar-refractivity contribution in [2.75, 3.05) is 0 Å². The number of nitrogens with one attached hydrogen (secondary N) is 1. The summed E-state index contributed by atoms with van der Waals surface area (Å²) in [7, 11) is 0. The summed E-state index contributed by atoms with van der Waals surface area (Å²) >= 11 is 0. The fraction of sp³-hybridized carbons (Fsp3) is 0.636. The monoisotopic (exact) mass is 189 g/mol. The largest absolute Gasteiger partial charge is 0.345 e. The lowest BCUT2D eigenvalue weighted by molar-refractivity contribution is 0.309. The van der Waals surface area contributed by atoms with Crippen molar-refractivity contribution in [1.82, 2.24) is 9.97 Å². The van der Waals surface area contributed by atoms with Crippen molar-refractivity contribution in [3.8, 4) is 6.07 Å². The predicted octanol–water partition coefficient (Wildman–Crippen LogP) is 2.31. The minimum Gasteiger partial charge on any atom is -0.345 e. The van der Waals surface area contributed by atoms with Crippen molar-refractivity contribution >= 4 is 0 Å². The van der Waals surface area contributed by atoms with Gasteiger partial charge in [0.1, 0.15) is 11.2 Å². The zero-order chi connectivity index (χ0) is 10.0. The Hall–Kier alpha value is -1.30. The summed E-state index contributed by atoms with van der Waals surface area (Å²) in [6.45, 7) is 2.14. The molecule has 0 atom stereocenters. The van der Waals surface area contributed by atoms with Crippen molar-refractivity contribution in [2.45, 2.75) is 44.4 Å². The van der Waals surface area contributed by atoms with E-state index in [9.17, 15) is 0 Å². The molecular formula is C11H15N3. The van der Waals surface area contributed by atoms with Gasteiger partial charge in [-0.15, -0.1) is 0 Å². The van der Waals surface area contributed by atoms with E-state index in [2.05, 4.69) is 23.0 Å². The Morgan fingerprint density at radius 3 is 2.93 bits per heavy atom. The van der Waals surface area contributed by atoms with Crippen LogP contribution in [0.1, 0.15) is 44.1 Å². The minimum absolute atomic E-state index is 0.286.